The van der Waals surface area contributed by atoms with Gasteiger partial charge in [0.1, 0.15) is 0 Å². The molecule has 0 aromatic heterocycles. The van der Waals surface area contributed by atoms with Crippen LogP contribution < -0.4 is 4.90 Å². The van der Waals surface area contributed by atoms with E-state index in [4.69, 9.17) is 0 Å². The number of anilines is 1. The molecule has 22 heavy (non-hydrogen) atoms. The quantitative estimate of drug-likeness (QED) is 0.804. The molecule has 4 heteroatoms. The van der Waals surface area contributed by atoms with E-state index in [-0.39, 0.29) is 5.78 Å². The molecular formula is C18H18N2OS. The van der Waals surface area contributed by atoms with Crippen LogP contribution in [-0.2, 0) is 0 Å². The fraction of sp³-hybridized carbons (Fsp3) is 0.222. The zero-order valence-electron chi connectivity index (χ0n) is 12.3. The van der Waals surface area contributed by atoms with Gasteiger partial charge in [-0.05, 0) is 18.6 Å². The Morgan fingerprint density at radius 1 is 1.05 bits per heavy atom. The van der Waals surface area contributed by atoms with Gasteiger partial charge in [-0.25, -0.2) is 0 Å². The van der Waals surface area contributed by atoms with E-state index in [1.807, 2.05) is 65.6 Å². The lowest BCUT2D eigenvalue weighted by molar-refractivity contribution is 0.100. The number of hydrogen-bond donors (Lipinski definition) is 0. The lowest BCUT2D eigenvalue weighted by atomic mass is 10.1. The van der Waals surface area contributed by atoms with Crippen molar-refractivity contribution >= 4 is 28.4 Å². The van der Waals surface area contributed by atoms with E-state index in [0.29, 0.717) is 6.54 Å². The summed E-state index contributed by atoms with van der Waals surface area (Å²) in [5.74, 6) is 1.17. The van der Waals surface area contributed by atoms with Crippen LogP contribution in [0.3, 0.4) is 0 Å². The van der Waals surface area contributed by atoms with Gasteiger partial charge in [0, 0.05) is 23.5 Å². The Morgan fingerprint density at radius 3 is 2.36 bits per heavy atom. The lowest BCUT2D eigenvalue weighted by Gasteiger charge is -2.27. The molecule has 0 atom stereocenters. The fourth-order valence-electron chi connectivity index (χ4n) is 2.35. The summed E-state index contributed by atoms with van der Waals surface area (Å²) in [5.41, 5.74) is 1.75. The molecule has 3 nitrogen and oxygen atoms in total. The van der Waals surface area contributed by atoms with Crippen LogP contribution in [-0.4, -0.2) is 29.8 Å². The van der Waals surface area contributed by atoms with Crippen molar-refractivity contribution < 1.29 is 4.79 Å². The van der Waals surface area contributed by atoms with Crippen molar-refractivity contribution in [2.45, 2.75) is 6.42 Å². The van der Waals surface area contributed by atoms with Crippen LogP contribution in [0.2, 0.25) is 0 Å². The summed E-state index contributed by atoms with van der Waals surface area (Å²) in [6.45, 7) is 1.16. The van der Waals surface area contributed by atoms with Gasteiger partial charge >= 0.3 is 0 Å². The van der Waals surface area contributed by atoms with E-state index in [1.165, 1.54) is 0 Å². The Kier molecular flexibility index (Phi) is 4.91. The van der Waals surface area contributed by atoms with Gasteiger partial charge in [0.25, 0.3) is 0 Å². The predicted molar refractivity (Wildman–Crippen MR) is 93.9 cm³/mol. The molecule has 2 aromatic rings. The first kappa shape index (κ1) is 14.9. The van der Waals surface area contributed by atoms with Crippen LogP contribution in [0, 0.1) is 0 Å². The SMILES string of the molecule is O=C(CN(C1=NCCCS1)c1ccccc1)c1ccccc1. The topological polar surface area (TPSA) is 32.7 Å². The molecule has 112 valence electrons. The molecule has 0 aliphatic carbocycles. The average molecular weight is 310 g/mol. The lowest BCUT2D eigenvalue weighted by Crippen LogP contribution is -2.35. The maximum Gasteiger partial charge on any atom is 0.182 e. The number of nitrogens with zero attached hydrogens (tertiary/aromatic N) is 2. The van der Waals surface area contributed by atoms with E-state index in [1.54, 1.807) is 11.8 Å². The summed E-state index contributed by atoms with van der Waals surface area (Å²) in [5, 5.41) is 0.946. The van der Waals surface area contributed by atoms with Crippen molar-refractivity contribution in [2.24, 2.45) is 4.99 Å². The zero-order chi connectivity index (χ0) is 15.2. The number of thioether (sulfide) groups is 1. The third-order valence-corrected chi connectivity index (χ3v) is 4.58. The second kappa shape index (κ2) is 7.27. The highest BCUT2D eigenvalue weighted by Gasteiger charge is 2.20. The summed E-state index contributed by atoms with van der Waals surface area (Å²) in [7, 11) is 0. The Balaban J connectivity index is 1.86. The molecule has 0 radical (unpaired) electrons. The summed E-state index contributed by atoms with van der Waals surface area (Å²) in [6, 6.07) is 19.4. The molecule has 3 rings (SSSR count). The second-order valence-electron chi connectivity index (χ2n) is 5.08. The Morgan fingerprint density at radius 2 is 1.73 bits per heavy atom. The van der Waals surface area contributed by atoms with E-state index in [0.717, 1.165) is 35.1 Å². The molecule has 2 aromatic carbocycles. The third-order valence-electron chi connectivity index (χ3n) is 3.48. The molecule has 0 saturated heterocycles. The van der Waals surface area contributed by atoms with Crippen molar-refractivity contribution in [3.63, 3.8) is 0 Å². The van der Waals surface area contributed by atoms with Gasteiger partial charge in [-0.1, -0.05) is 60.3 Å². The molecular weight excluding hydrogens is 292 g/mol. The van der Waals surface area contributed by atoms with Crippen LogP contribution in [0.25, 0.3) is 0 Å². The highest BCUT2D eigenvalue weighted by atomic mass is 32.2. The predicted octanol–water partition coefficient (Wildman–Crippen LogP) is 3.87. The van der Waals surface area contributed by atoms with E-state index in [2.05, 4.69) is 4.99 Å². The first-order valence-electron chi connectivity index (χ1n) is 7.43. The number of Topliss-reactive ketones (excluding diaryl/α,β-unsaturated/α-hetero) is 1. The molecule has 0 amide bonds. The number of para-hydroxylation sites is 1. The van der Waals surface area contributed by atoms with Gasteiger partial charge in [0.2, 0.25) is 0 Å². The highest BCUT2D eigenvalue weighted by Crippen LogP contribution is 2.23. The van der Waals surface area contributed by atoms with E-state index in [9.17, 15) is 4.79 Å². The summed E-state index contributed by atoms with van der Waals surface area (Å²) in [6.07, 6.45) is 1.10. The molecule has 0 unspecified atom stereocenters. The average Bonchev–Trinajstić information content (AvgIpc) is 2.62. The zero-order valence-corrected chi connectivity index (χ0v) is 13.1. The molecule has 0 saturated carbocycles. The smallest absolute Gasteiger partial charge is 0.182 e. The minimum absolute atomic E-state index is 0.110. The number of amidine groups is 1. The third kappa shape index (κ3) is 3.57. The number of aliphatic imine (C=N–C) groups is 1. The maximum absolute atomic E-state index is 12.6. The maximum atomic E-state index is 12.6. The van der Waals surface area contributed by atoms with Gasteiger partial charge in [-0.3, -0.25) is 9.79 Å². The number of carbonyl (C=O) groups is 1. The number of ketones is 1. The normalized spacial score (nSPS) is 14.3. The summed E-state index contributed by atoms with van der Waals surface area (Å²) < 4.78 is 0. The number of hydrogen-bond acceptors (Lipinski definition) is 4. The minimum Gasteiger partial charge on any atom is -0.313 e. The van der Waals surface area contributed by atoms with Gasteiger partial charge in [0.05, 0.1) is 6.54 Å². The van der Waals surface area contributed by atoms with Crippen LogP contribution in [0.15, 0.2) is 65.7 Å². The largest absolute Gasteiger partial charge is 0.313 e. The summed E-state index contributed by atoms with van der Waals surface area (Å²) in [4.78, 5) is 19.2. The Bertz CT molecular complexity index is 655. The van der Waals surface area contributed by atoms with Gasteiger partial charge < -0.3 is 4.90 Å². The number of benzene rings is 2. The molecule has 1 aliphatic rings. The van der Waals surface area contributed by atoms with Crippen LogP contribution in [0.1, 0.15) is 16.8 Å². The molecule has 0 N–H and O–H groups in total. The molecule has 0 bridgehead atoms. The highest BCUT2D eigenvalue weighted by molar-refractivity contribution is 8.14. The second-order valence-corrected chi connectivity index (χ2v) is 6.14. The monoisotopic (exact) mass is 310 g/mol. The summed E-state index contributed by atoms with van der Waals surface area (Å²) >= 11 is 1.73. The van der Waals surface area contributed by atoms with Crippen molar-refractivity contribution in [1.82, 2.24) is 0 Å². The molecule has 0 fully saturated rings. The Labute approximate surface area is 135 Å². The van der Waals surface area contributed by atoms with E-state index >= 15 is 0 Å². The van der Waals surface area contributed by atoms with Gasteiger partial charge in [0.15, 0.2) is 11.0 Å². The van der Waals surface area contributed by atoms with Crippen LogP contribution in [0.5, 0.6) is 0 Å². The first-order chi connectivity index (χ1) is 10.8. The van der Waals surface area contributed by atoms with Crippen molar-refractivity contribution in [2.75, 3.05) is 23.7 Å². The first-order valence-corrected chi connectivity index (χ1v) is 8.41. The fourth-order valence-corrected chi connectivity index (χ4v) is 3.31. The van der Waals surface area contributed by atoms with Gasteiger partial charge in [-0.15, -0.1) is 0 Å². The van der Waals surface area contributed by atoms with E-state index < -0.39 is 0 Å². The Hall–Kier alpha value is -2.07. The van der Waals surface area contributed by atoms with Crippen molar-refractivity contribution in [3.8, 4) is 0 Å². The molecule has 0 spiro atoms. The van der Waals surface area contributed by atoms with Crippen molar-refractivity contribution in [3.05, 3.63) is 66.2 Å². The molecule has 1 heterocycles. The standard InChI is InChI=1S/C18H18N2OS/c21-17(15-8-3-1-4-9-15)14-20(16-10-5-2-6-11-16)18-19-12-7-13-22-18/h1-6,8-11H,7,12-14H2. The minimum atomic E-state index is 0.110. The van der Waals surface area contributed by atoms with Crippen LogP contribution >= 0.6 is 11.8 Å². The number of rotatable bonds is 4. The van der Waals surface area contributed by atoms with Gasteiger partial charge in [-0.2, -0.15) is 0 Å². The van der Waals surface area contributed by atoms with Crippen LogP contribution in [0.4, 0.5) is 5.69 Å². The van der Waals surface area contributed by atoms with Crippen molar-refractivity contribution in [1.29, 1.82) is 0 Å². The number of carbonyl (C=O) groups excluding carboxylic acids is 1. The molecule has 1 aliphatic heterocycles.